The van der Waals surface area contributed by atoms with E-state index in [9.17, 15) is 0 Å². The molecule has 9 heavy (non-hydrogen) atoms. The number of allylic oxidation sites excluding steroid dienone is 2. The summed E-state index contributed by atoms with van der Waals surface area (Å²) in [6.07, 6.45) is 7.22. The second-order valence-electron chi connectivity index (χ2n) is 2.28. The molecule has 0 amide bonds. The summed E-state index contributed by atoms with van der Waals surface area (Å²) in [5.74, 6) is 8.39. The van der Waals surface area contributed by atoms with Crippen LogP contribution in [-0.4, -0.2) is 0 Å². The first-order valence-electron chi connectivity index (χ1n) is 2.87. The Morgan fingerprint density at radius 3 is 2.67 bits per heavy atom. The quantitative estimate of drug-likeness (QED) is 0.421. The zero-order valence-electron chi connectivity index (χ0n) is 5.65. The van der Waals surface area contributed by atoms with Crippen molar-refractivity contribution in [2.75, 3.05) is 0 Å². The topological polar surface area (TPSA) is 0 Å². The lowest BCUT2D eigenvalue weighted by Crippen LogP contribution is -1.90. The lowest BCUT2D eigenvalue weighted by atomic mass is 10.1. The molecule has 1 aliphatic rings. The van der Waals surface area contributed by atoms with Crippen molar-refractivity contribution in [2.24, 2.45) is 5.41 Å². The van der Waals surface area contributed by atoms with Crippen LogP contribution in [0.5, 0.6) is 0 Å². The van der Waals surface area contributed by atoms with Gasteiger partial charge in [0.25, 0.3) is 0 Å². The van der Waals surface area contributed by atoms with Gasteiger partial charge in [-0.25, -0.2) is 0 Å². The third kappa shape index (κ3) is 0.843. The van der Waals surface area contributed by atoms with Crippen molar-refractivity contribution in [2.45, 2.75) is 13.8 Å². The Hall–Kier alpha value is -1.14. The van der Waals surface area contributed by atoms with Crippen LogP contribution in [-0.2, 0) is 0 Å². The van der Waals surface area contributed by atoms with E-state index in [0.29, 0.717) is 0 Å². The summed E-state index contributed by atoms with van der Waals surface area (Å²) < 4.78 is 0. The van der Waals surface area contributed by atoms with E-state index in [1.807, 2.05) is 19.9 Å². The molecule has 0 spiro atoms. The number of hydrogen-bond donors (Lipinski definition) is 0. The smallest absolute Gasteiger partial charge is 0.0799 e. The van der Waals surface area contributed by atoms with E-state index < -0.39 is 0 Å². The van der Waals surface area contributed by atoms with Crippen LogP contribution in [0.3, 0.4) is 0 Å². The molecule has 0 aromatic carbocycles. The van der Waals surface area contributed by atoms with Gasteiger partial charge in [-0.15, -0.1) is 12.3 Å². The van der Waals surface area contributed by atoms with Gasteiger partial charge in [-0.1, -0.05) is 11.8 Å². The van der Waals surface area contributed by atoms with E-state index in [0.717, 1.165) is 5.57 Å². The van der Waals surface area contributed by atoms with Crippen molar-refractivity contribution in [1.82, 2.24) is 0 Å². The van der Waals surface area contributed by atoms with Crippen LogP contribution in [0, 0.1) is 29.6 Å². The van der Waals surface area contributed by atoms with Crippen LogP contribution in [0.15, 0.2) is 11.6 Å². The third-order valence-electron chi connectivity index (χ3n) is 1.47. The Kier molecular flexibility index (Phi) is 1.11. The SMILES string of the molecule is C#CC1(C)C=C1C#CC. The number of hydrogen-bond acceptors (Lipinski definition) is 0. The van der Waals surface area contributed by atoms with E-state index >= 15 is 0 Å². The fourth-order valence-corrected chi connectivity index (χ4v) is 0.673. The second-order valence-corrected chi connectivity index (χ2v) is 2.28. The van der Waals surface area contributed by atoms with Crippen molar-refractivity contribution >= 4 is 0 Å². The Morgan fingerprint density at radius 1 is 1.67 bits per heavy atom. The lowest BCUT2D eigenvalue weighted by Gasteiger charge is -1.94. The summed E-state index contributed by atoms with van der Waals surface area (Å²) in [4.78, 5) is 0. The van der Waals surface area contributed by atoms with Crippen LogP contribution in [0.4, 0.5) is 0 Å². The van der Waals surface area contributed by atoms with Crippen molar-refractivity contribution < 1.29 is 0 Å². The summed E-state index contributed by atoms with van der Waals surface area (Å²) in [5, 5.41) is 0. The van der Waals surface area contributed by atoms with Crippen molar-refractivity contribution in [1.29, 1.82) is 0 Å². The highest BCUT2D eigenvalue weighted by molar-refractivity contribution is 5.57. The summed E-state index contributed by atoms with van der Waals surface area (Å²) in [6, 6.07) is 0. The van der Waals surface area contributed by atoms with E-state index in [-0.39, 0.29) is 5.41 Å². The molecule has 0 saturated heterocycles. The van der Waals surface area contributed by atoms with E-state index in [4.69, 9.17) is 6.42 Å². The van der Waals surface area contributed by atoms with Gasteiger partial charge in [0.05, 0.1) is 5.41 Å². The average molecular weight is 116 g/mol. The number of terminal acetylenes is 1. The maximum Gasteiger partial charge on any atom is 0.0799 e. The fraction of sp³-hybridized carbons (Fsp3) is 0.333. The Morgan fingerprint density at radius 2 is 2.33 bits per heavy atom. The van der Waals surface area contributed by atoms with E-state index in [2.05, 4.69) is 17.8 Å². The fourth-order valence-electron chi connectivity index (χ4n) is 0.673. The van der Waals surface area contributed by atoms with Gasteiger partial charge in [0, 0.05) is 5.57 Å². The summed E-state index contributed by atoms with van der Waals surface area (Å²) in [5.41, 5.74) is 0.996. The summed E-state index contributed by atoms with van der Waals surface area (Å²) in [6.45, 7) is 3.81. The minimum absolute atomic E-state index is 0.0942. The maximum absolute atomic E-state index is 5.22. The van der Waals surface area contributed by atoms with Gasteiger partial charge < -0.3 is 0 Å². The van der Waals surface area contributed by atoms with Gasteiger partial charge in [-0.3, -0.25) is 0 Å². The Balaban J connectivity index is 2.66. The van der Waals surface area contributed by atoms with Crippen molar-refractivity contribution in [3.05, 3.63) is 11.6 Å². The molecule has 0 aromatic heterocycles. The highest BCUT2D eigenvalue weighted by Crippen LogP contribution is 2.41. The zero-order valence-corrected chi connectivity index (χ0v) is 5.65. The molecule has 0 heterocycles. The molecule has 1 atom stereocenters. The van der Waals surface area contributed by atoms with Crippen LogP contribution in [0.1, 0.15) is 13.8 Å². The zero-order chi connectivity index (χ0) is 6.91. The average Bonchev–Trinajstić information content (AvgIpc) is 2.46. The molecule has 0 saturated carbocycles. The molecule has 1 aliphatic carbocycles. The van der Waals surface area contributed by atoms with Crippen LogP contribution < -0.4 is 0 Å². The van der Waals surface area contributed by atoms with Crippen LogP contribution >= 0.6 is 0 Å². The van der Waals surface area contributed by atoms with Crippen LogP contribution in [0.2, 0.25) is 0 Å². The van der Waals surface area contributed by atoms with Gasteiger partial charge >= 0.3 is 0 Å². The molecule has 0 aromatic rings. The van der Waals surface area contributed by atoms with Gasteiger partial charge in [-0.2, -0.15) is 0 Å². The minimum atomic E-state index is -0.0942. The standard InChI is InChI=1S/C9H8/c1-4-6-8-7-9(8,3)5-2/h2,7H,1,3H3. The molecular formula is C9H8. The molecule has 1 rings (SSSR count). The first kappa shape index (κ1) is 5.99. The Labute approximate surface area is 56.0 Å². The lowest BCUT2D eigenvalue weighted by molar-refractivity contribution is 0.856. The van der Waals surface area contributed by atoms with Crippen LogP contribution in [0.25, 0.3) is 0 Å². The molecule has 0 bridgehead atoms. The molecule has 0 aliphatic heterocycles. The molecule has 0 nitrogen and oxygen atoms in total. The van der Waals surface area contributed by atoms with Gasteiger partial charge in [0.2, 0.25) is 0 Å². The van der Waals surface area contributed by atoms with Gasteiger partial charge in [0.1, 0.15) is 0 Å². The first-order chi connectivity index (χ1) is 4.23. The highest BCUT2D eigenvalue weighted by atomic mass is 14.3. The molecule has 0 heteroatoms. The number of rotatable bonds is 0. The molecule has 0 fully saturated rings. The predicted molar refractivity (Wildman–Crippen MR) is 38.5 cm³/mol. The van der Waals surface area contributed by atoms with Gasteiger partial charge in [-0.05, 0) is 19.9 Å². The molecule has 1 unspecified atom stereocenters. The highest BCUT2D eigenvalue weighted by Gasteiger charge is 2.35. The monoisotopic (exact) mass is 116 g/mol. The van der Waals surface area contributed by atoms with E-state index in [1.54, 1.807) is 0 Å². The van der Waals surface area contributed by atoms with Gasteiger partial charge in [0.15, 0.2) is 0 Å². The first-order valence-corrected chi connectivity index (χ1v) is 2.87. The van der Waals surface area contributed by atoms with Crippen molar-refractivity contribution in [3.8, 4) is 24.2 Å². The molecule has 0 N–H and O–H groups in total. The predicted octanol–water partition coefficient (Wildman–Crippen LogP) is 1.59. The summed E-state index contributed by atoms with van der Waals surface area (Å²) >= 11 is 0. The second kappa shape index (κ2) is 1.67. The largest absolute Gasteiger partial charge is 0.119 e. The minimum Gasteiger partial charge on any atom is -0.119 e. The third-order valence-corrected chi connectivity index (χ3v) is 1.47. The molecule has 44 valence electrons. The normalized spacial score (nSPS) is 29.2. The molecular weight excluding hydrogens is 108 g/mol. The molecule has 0 radical (unpaired) electrons. The Bertz CT molecular complexity index is 252. The maximum atomic E-state index is 5.22. The van der Waals surface area contributed by atoms with E-state index in [1.165, 1.54) is 0 Å². The summed E-state index contributed by atoms with van der Waals surface area (Å²) in [7, 11) is 0. The van der Waals surface area contributed by atoms with Crippen molar-refractivity contribution in [3.63, 3.8) is 0 Å².